The lowest BCUT2D eigenvalue weighted by molar-refractivity contribution is -0.142. The van der Waals surface area contributed by atoms with Crippen molar-refractivity contribution in [1.29, 1.82) is 0 Å². The highest BCUT2D eigenvalue weighted by atomic mass is 16.4. The molecule has 0 aliphatic rings. The number of carbonyl (C=O) groups is 5. The van der Waals surface area contributed by atoms with Crippen LogP contribution in [0.1, 0.15) is 31.2 Å². The Morgan fingerprint density at radius 2 is 1.40 bits per heavy atom. The molecule has 194 valence electrons. The molecule has 0 saturated carbocycles. The maximum Gasteiger partial charge on any atom is 0.326 e. The number of aliphatic hydroxyl groups excluding tert-OH is 1. The van der Waals surface area contributed by atoms with E-state index in [1.165, 1.54) is 0 Å². The summed E-state index contributed by atoms with van der Waals surface area (Å²) in [4.78, 5) is 60.1. The van der Waals surface area contributed by atoms with Crippen molar-refractivity contribution in [2.75, 3.05) is 13.2 Å². The summed E-state index contributed by atoms with van der Waals surface area (Å²) in [5.74, 6) is -5.25. The molecule has 0 aliphatic heterocycles. The van der Waals surface area contributed by atoms with E-state index < -0.39 is 66.9 Å². The Balaban J connectivity index is 2.98. The van der Waals surface area contributed by atoms with Crippen LogP contribution in [0, 0.1) is 0 Å². The number of nitrogens with one attached hydrogen (secondary N) is 3. The van der Waals surface area contributed by atoms with Crippen LogP contribution in [-0.4, -0.2) is 82.3 Å². The second kappa shape index (κ2) is 15.4. The summed E-state index contributed by atoms with van der Waals surface area (Å²) in [6, 6.07) is 3.20. The molecule has 35 heavy (non-hydrogen) atoms. The average molecular weight is 496 g/mol. The smallest absolute Gasteiger partial charge is 0.326 e. The van der Waals surface area contributed by atoms with Gasteiger partial charge in [-0.1, -0.05) is 30.3 Å². The van der Waals surface area contributed by atoms with Crippen molar-refractivity contribution < 1.29 is 39.3 Å². The summed E-state index contributed by atoms with van der Waals surface area (Å²) < 4.78 is 0. The number of hydrogen-bond acceptors (Lipinski definition) is 8. The third-order valence-electron chi connectivity index (χ3n) is 5.02. The van der Waals surface area contributed by atoms with Crippen LogP contribution in [0.3, 0.4) is 0 Å². The Labute approximate surface area is 202 Å². The van der Waals surface area contributed by atoms with Gasteiger partial charge in [0.2, 0.25) is 17.7 Å². The molecule has 0 aromatic heterocycles. The molecule has 3 amide bonds. The van der Waals surface area contributed by atoms with Crippen LogP contribution in [0.2, 0.25) is 0 Å². The molecule has 10 N–H and O–H groups in total. The summed E-state index contributed by atoms with van der Waals surface area (Å²) in [7, 11) is 0. The SMILES string of the molecule is NCCCCC(NC(=O)C(Cc1ccccc1)NC(=O)C(CO)NC(=O)C(N)CC(=O)O)C(=O)O. The minimum Gasteiger partial charge on any atom is -0.481 e. The van der Waals surface area contributed by atoms with E-state index in [-0.39, 0.29) is 12.8 Å². The highest BCUT2D eigenvalue weighted by molar-refractivity contribution is 5.94. The van der Waals surface area contributed by atoms with Gasteiger partial charge in [0.15, 0.2) is 0 Å². The Kier molecular flexibility index (Phi) is 12.9. The Bertz CT molecular complexity index is 867. The minimum absolute atomic E-state index is 0.00181. The maximum atomic E-state index is 12.9. The number of carboxylic acid groups (broad SMARTS) is 2. The summed E-state index contributed by atoms with van der Waals surface area (Å²) in [5, 5.41) is 34.7. The number of aliphatic hydroxyl groups is 1. The number of nitrogens with two attached hydrogens (primary N) is 2. The van der Waals surface area contributed by atoms with Crippen molar-refractivity contribution in [3.63, 3.8) is 0 Å². The third kappa shape index (κ3) is 10.9. The molecule has 4 unspecified atom stereocenters. The molecular weight excluding hydrogens is 462 g/mol. The highest BCUT2D eigenvalue weighted by Gasteiger charge is 2.30. The molecule has 0 saturated heterocycles. The number of carboxylic acids is 2. The van der Waals surface area contributed by atoms with Gasteiger partial charge >= 0.3 is 11.9 Å². The van der Waals surface area contributed by atoms with Crippen LogP contribution in [0.25, 0.3) is 0 Å². The van der Waals surface area contributed by atoms with Gasteiger partial charge < -0.3 is 42.7 Å². The van der Waals surface area contributed by atoms with E-state index in [2.05, 4.69) is 16.0 Å². The van der Waals surface area contributed by atoms with Crippen LogP contribution >= 0.6 is 0 Å². The molecule has 1 rings (SSSR count). The molecule has 0 radical (unpaired) electrons. The van der Waals surface area contributed by atoms with Gasteiger partial charge in [0.25, 0.3) is 0 Å². The molecule has 13 heteroatoms. The van der Waals surface area contributed by atoms with E-state index in [0.717, 1.165) is 0 Å². The van der Waals surface area contributed by atoms with Crippen molar-refractivity contribution in [2.24, 2.45) is 11.5 Å². The molecular formula is C22H33N5O8. The van der Waals surface area contributed by atoms with Crippen molar-refractivity contribution in [3.8, 4) is 0 Å². The standard InChI is InChI=1S/C22H33N5O8/c23-9-5-4-8-15(22(34)35)25-20(32)16(10-13-6-2-1-3-7-13)26-21(33)17(12-28)27-19(31)14(24)11-18(29)30/h1-3,6-7,14-17,28H,4-5,8-12,23-24H2,(H,25,32)(H,26,33)(H,27,31)(H,29,30)(H,34,35). The Hall–Kier alpha value is -3.55. The van der Waals surface area contributed by atoms with Crippen molar-refractivity contribution in [3.05, 3.63) is 35.9 Å². The zero-order chi connectivity index (χ0) is 26.4. The summed E-state index contributed by atoms with van der Waals surface area (Å²) in [6.07, 6.45) is 0.495. The summed E-state index contributed by atoms with van der Waals surface area (Å²) in [6.45, 7) is -0.481. The molecule has 0 bridgehead atoms. The number of unbranched alkanes of at least 4 members (excludes halogenated alkanes) is 1. The quantitative estimate of drug-likeness (QED) is 0.114. The first-order chi connectivity index (χ1) is 16.6. The van der Waals surface area contributed by atoms with Gasteiger partial charge in [-0.25, -0.2) is 4.79 Å². The van der Waals surface area contributed by atoms with Gasteiger partial charge in [-0.05, 0) is 31.4 Å². The number of benzene rings is 1. The van der Waals surface area contributed by atoms with E-state index in [9.17, 15) is 34.2 Å². The van der Waals surface area contributed by atoms with Gasteiger partial charge in [-0.3, -0.25) is 19.2 Å². The Morgan fingerprint density at radius 3 is 1.94 bits per heavy atom. The zero-order valence-corrected chi connectivity index (χ0v) is 19.2. The molecule has 0 heterocycles. The topological polar surface area (TPSA) is 234 Å². The van der Waals surface area contributed by atoms with Gasteiger partial charge in [0.1, 0.15) is 18.1 Å². The van der Waals surface area contributed by atoms with E-state index in [0.29, 0.717) is 24.9 Å². The molecule has 1 aromatic carbocycles. The number of amides is 3. The molecule has 0 spiro atoms. The van der Waals surface area contributed by atoms with Crippen molar-refractivity contribution >= 4 is 29.7 Å². The van der Waals surface area contributed by atoms with Crippen molar-refractivity contribution in [1.82, 2.24) is 16.0 Å². The number of aliphatic carboxylic acids is 2. The second-order valence-corrected chi connectivity index (χ2v) is 7.88. The van der Waals surface area contributed by atoms with E-state index in [1.807, 2.05) is 0 Å². The molecule has 1 aromatic rings. The van der Waals surface area contributed by atoms with Crippen LogP contribution < -0.4 is 27.4 Å². The van der Waals surface area contributed by atoms with Gasteiger partial charge in [0.05, 0.1) is 19.1 Å². The summed E-state index contributed by atoms with van der Waals surface area (Å²) in [5.41, 5.74) is 11.6. The highest BCUT2D eigenvalue weighted by Crippen LogP contribution is 2.07. The van der Waals surface area contributed by atoms with Crippen LogP contribution in [0.15, 0.2) is 30.3 Å². The monoisotopic (exact) mass is 495 g/mol. The summed E-state index contributed by atoms with van der Waals surface area (Å²) >= 11 is 0. The maximum absolute atomic E-state index is 12.9. The predicted molar refractivity (Wildman–Crippen MR) is 124 cm³/mol. The zero-order valence-electron chi connectivity index (χ0n) is 19.2. The van der Waals surface area contributed by atoms with Crippen molar-refractivity contribution in [2.45, 2.75) is 56.3 Å². The lowest BCUT2D eigenvalue weighted by atomic mass is 10.0. The normalized spacial score (nSPS) is 14.1. The van der Waals surface area contributed by atoms with Crippen LogP contribution in [-0.2, 0) is 30.4 Å². The molecule has 13 nitrogen and oxygen atoms in total. The lowest BCUT2D eigenvalue weighted by Gasteiger charge is -2.24. The third-order valence-corrected chi connectivity index (χ3v) is 5.02. The fourth-order valence-corrected chi connectivity index (χ4v) is 3.11. The van der Waals surface area contributed by atoms with E-state index in [4.69, 9.17) is 16.6 Å². The first-order valence-electron chi connectivity index (χ1n) is 11.0. The van der Waals surface area contributed by atoms with Gasteiger partial charge in [-0.15, -0.1) is 0 Å². The Morgan fingerprint density at radius 1 is 0.829 bits per heavy atom. The number of hydrogen-bond donors (Lipinski definition) is 8. The van der Waals surface area contributed by atoms with Crippen LogP contribution in [0.4, 0.5) is 0 Å². The second-order valence-electron chi connectivity index (χ2n) is 7.88. The van der Waals surface area contributed by atoms with E-state index in [1.54, 1.807) is 30.3 Å². The van der Waals surface area contributed by atoms with E-state index >= 15 is 0 Å². The van der Waals surface area contributed by atoms with Gasteiger partial charge in [-0.2, -0.15) is 0 Å². The number of carbonyl (C=O) groups excluding carboxylic acids is 3. The fourth-order valence-electron chi connectivity index (χ4n) is 3.11. The molecule has 0 aliphatic carbocycles. The molecule has 4 atom stereocenters. The average Bonchev–Trinajstić information content (AvgIpc) is 2.81. The predicted octanol–water partition coefficient (Wildman–Crippen LogP) is -2.31. The first kappa shape index (κ1) is 29.5. The lowest BCUT2D eigenvalue weighted by Crippen LogP contribution is -2.58. The minimum atomic E-state index is -1.52. The van der Waals surface area contributed by atoms with Crippen LogP contribution in [0.5, 0.6) is 0 Å². The van der Waals surface area contributed by atoms with Gasteiger partial charge in [0, 0.05) is 6.42 Å². The first-order valence-corrected chi connectivity index (χ1v) is 11.0. The fraction of sp³-hybridized carbons (Fsp3) is 0.500. The number of rotatable bonds is 16. The largest absolute Gasteiger partial charge is 0.481 e. The molecule has 0 fully saturated rings.